The van der Waals surface area contributed by atoms with Gasteiger partial charge in [-0.1, -0.05) is 12.1 Å². The second kappa shape index (κ2) is 12.3. The van der Waals surface area contributed by atoms with Gasteiger partial charge in [-0.25, -0.2) is 15.1 Å². The Morgan fingerprint density at radius 3 is 2.66 bits per heavy atom. The predicted molar refractivity (Wildman–Crippen MR) is 147 cm³/mol. The van der Waals surface area contributed by atoms with Crippen molar-refractivity contribution in [3.63, 3.8) is 0 Å². The summed E-state index contributed by atoms with van der Waals surface area (Å²) in [5, 5.41) is 12.7. The second-order valence-corrected chi connectivity index (χ2v) is 9.32. The molecule has 2 aromatic heterocycles. The molecule has 0 saturated carbocycles. The number of nitrogens with zero attached hydrogens (tertiary/aromatic N) is 6. The summed E-state index contributed by atoms with van der Waals surface area (Å²) in [7, 11) is 0. The maximum Gasteiger partial charge on any atom is 0.416 e. The van der Waals surface area contributed by atoms with Crippen LogP contribution in [0.25, 0.3) is 0 Å². The zero-order valence-corrected chi connectivity index (χ0v) is 22.1. The van der Waals surface area contributed by atoms with Crippen LogP contribution in [0, 0.1) is 6.92 Å². The molecule has 14 heteroatoms. The van der Waals surface area contributed by atoms with E-state index < -0.39 is 17.6 Å². The van der Waals surface area contributed by atoms with Crippen LogP contribution < -0.4 is 15.5 Å². The van der Waals surface area contributed by atoms with E-state index in [2.05, 4.69) is 40.7 Å². The number of hydrogen-bond acceptors (Lipinski definition) is 9. The number of rotatable bonds is 9. The van der Waals surface area contributed by atoms with Crippen molar-refractivity contribution in [3.8, 4) is 0 Å². The second-order valence-electron chi connectivity index (χ2n) is 9.32. The predicted octanol–water partition coefficient (Wildman–Crippen LogP) is 4.39. The number of alkyl halides is 3. The fourth-order valence-electron chi connectivity index (χ4n) is 4.35. The molecule has 0 atom stereocenters. The minimum atomic E-state index is -4.52. The van der Waals surface area contributed by atoms with E-state index in [-0.39, 0.29) is 11.3 Å². The maximum atomic E-state index is 13.1. The molecule has 0 radical (unpaired) electrons. The largest absolute Gasteiger partial charge is 0.416 e. The topological polar surface area (TPSA) is 124 Å². The number of anilines is 5. The Morgan fingerprint density at radius 1 is 1.07 bits per heavy atom. The van der Waals surface area contributed by atoms with Gasteiger partial charge in [0, 0.05) is 43.5 Å². The van der Waals surface area contributed by atoms with E-state index in [0.29, 0.717) is 29.8 Å². The van der Waals surface area contributed by atoms with Crippen LogP contribution >= 0.6 is 0 Å². The minimum Gasteiger partial charge on any atom is -0.379 e. The number of ether oxygens (including phenoxy) is 1. The molecule has 5 rings (SSSR count). The molecule has 0 aliphatic carbocycles. The first-order valence-electron chi connectivity index (χ1n) is 12.9. The van der Waals surface area contributed by atoms with Crippen LogP contribution in [-0.2, 0) is 10.9 Å². The van der Waals surface area contributed by atoms with Crippen molar-refractivity contribution in [2.45, 2.75) is 13.1 Å². The Kier molecular flexibility index (Phi) is 8.40. The number of nitrogens with one attached hydrogen (secondary N) is 3. The number of aromatic nitrogens is 5. The van der Waals surface area contributed by atoms with E-state index in [1.165, 1.54) is 24.8 Å². The molecule has 1 amide bonds. The average Bonchev–Trinajstić information content (AvgIpc) is 3.49. The van der Waals surface area contributed by atoms with E-state index in [1.807, 2.05) is 6.92 Å². The zero-order valence-electron chi connectivity index (χ0n) is 22.1. The Labute approximate surface area is 233 Å². The van der Waals surface area contributed by atoms with Gasteiger partial charge < -0.3 is 15.4 Å². The first-order chi connectivity index (χ1) is 19.8. The van der Waals surface area contributed by atoms with Crippen molar-refractivity contribution in [1.82, 2.24) is 30.0 Å². The molecule has 1 saturated heterocycles. The number of halogens is 3. The van der Waals surface area contributed by atoms with Crippen LogP contribution in [0.4, 0.5) is 42.1 Å². The molecule has 214 valence electrons. The molecule has 11 nitrogen and oxygen atoms in total. The number of morpholine rings is 1. The highest BCUT2D eigenvalue weighted by Crippen LogP contribution is 2.35. The summed E-state index contributed by atoms with van der Waals surface area (Å²) < 4.78 is 44.8. The van der Waals surface area contributed by atoms with Crippen LogP contribution in [0.5, 0.6) is 0 Å². The summed E-state index contributed by atoms with van der Waals surface area (Å²) >= 11 is 0. The quantitative estimate of drug-likeness (QED) is 0.270. The lowest BCUT2D eigenvalue weighted by Gasteiger charge is -2.26. The maximum absolute atomic E-state index is 13.1. The van der Waals surface area contributed by atoms with Gasteiger partial charge in [0.05, 0.1) is 24.5 Å². The van der Waals surface area contributed by atoms with Gasteiger partial charge in [-0.2, -0.15) is 23.3 Å². The standard InChI is InChI=1S/C27H28F3N9O2/c1-18-5-6-19(25(40)36-21-4-2-3-20(14-21)27(28,29)30)13-22(18)39(26-34-17-35-37-26)24-15-23(32-16-33-24)31-7-8-38-9-11-41-12-10-38/h2-6,13-17H,7-12H2,1H3,(H,36,40)(H,31,32,33)(H,34,35,37). The molecule has 0 spiro atoms. The number of aryl methyl sites for hydroxylation is 1. The third-order valence-electron chi connectivity index (χ3n) is 6.49. The van der Waals surface area contributed by atoms with Crippen molar-refractivity contribution in [2.24, 2.45) is 0 Å². The lowest BCUT2D eigenvalue weighted by Crippen LogP contribution is -2.39. The Morgan fingerprint density at radius 2 is 1.90 bits per heavy atom. The van der Waals surface area contributed by atoms with Crippen molar-refractivity contribution >= 4 is 34.9 Å². The number of hydrogen-bond donors (Lipinski definition) is 3. The Hall–Kier alpha value is -4.56. The van der Waals surface area contributed by atoms with Crippen LogP contribution in [0.3, 0.4) is 0 Å². The average molecular weight is 568 g/mol. The van der Waals surface area contributed by atoms with Gasteiger partial charge >= 0.3 is 6.18 Å². The molecule has 3 heterocycles. The summed E-state index contributed by atoms with van der Waals surface area (Å²) in [4.78, 5) is 30.2. The minimum absolute atomic E-state index is 0.0302. The Balaban J connectivity index is 1.39. The number of aromatic amines is 1. The molecule has 0 bridgehead atoms. The van der Waals surface area contributed by atoms with Gasteiger partial charge in [-0.15, -0.1) is 0 Å². The van der Waals surface area contributed by atoms with E-state index in [4.69, 9.17) is 4.74 Å². The van der Waals surface area contributed by atoms with E-state index in [9.17, 15) is 18.0 Å². The highest BCUT2D eigenvalue weighted by Gasteiger charge is 2.30. The lowest BCUT2D eigenvalue weighted by atomic mass is 10.1. The lowest BCUT2D eigenvalue weighted by molar-refractivity contribution is -0.137. The van der Waals surface area contributed by atoms with Crippen LogP contribution in [0.1, 0.15) is 21.5 Å². The number of carbonyl (C=O) groups excluding carboxylic acids is 1. The van der Waals surface area contributed by atoms with Crippen LogP contribution in [0.15, 0.2) is 61.2 Å². The highest BCUT2D eigenvalue weighted by molar-refractivity contribution is 6.05. The van der Waals surface area contributed by atoms with Crippen molar-refractivity contribution in [3.05, 3.63) is 77.9 Å². The fourth-order valence-corrected chi connectivity index (χ4v) is 4.35. The summed E-state index contributed by atoms with van der Waals surface area (Å²) in [6, 6.07) is 11.2. The number of carbonyl (C=O) groups is 1. The number of amides is 1. The van der Waals surface area contributed by atoms with Gasteiger partial charge in [0.1, 0.15) is 24.3 Å². The third-order valence-corrected chi connectivity index (χ3v) is 6.49. The third kappa shape index (κ3) is 6.96. The van der Waals surface area contributed by atoms with E-state index in [1.54, 1.807) is 29.2 Å². The van der Waals surface area contributed by atoms with Gasteiger partial charge in [-0.05, 0) is 42.8 Å². The van der Waals surface area contributed by atoms with Gasteiger partial charge in [0.15, 0.2) is 0 Å². The fraction of sp³-hybridized carbons (Fsp3) is 0.296. The van der Waals surface area contributed by atoms with Crippen molar-refractivity contribution < 1.29 is 22.7 Å². The SMILES string of the molecule is Cc1ccc(C(=O)Nc2cccc(C(F)(F)F)c2)cc1N(c1cc(NCCN2CCOCC2)ncn1)c1ncn[nH]1. The van der Waals surface area contributed by atoms with Crippen molar-refractivity contribution in [1.29, 1.82) is 0 Å². The van der Waals surface area contributed by atoms with Gasteiger partial charge in [0.2, 0.25) is 5.95 Å². The molecule has 0 unspecified atom stereocenters. The first-order valence-corrected chi connectivity index (χ1v) is 12.9. The van der Waals surface area contributed by atoms with Crippen LogP contribution in [0.2, 0.25) is 0 Å². The molecule has 1 aliphatic heterocycles. The van der Waals surface area contributed by atoms with E-state index in [0.717, 1.165) is 50.5 Å². The number of benzene rings is 2. The van der Waals surface area contributed by atoms with Gasteiger partial charge in [0.25, 0.3) is 5.91 Å². The van der Waals surface area contributed by atoms with E-state index >= 15 is 0 Å². The summed E-state index contributed by atoms with van der Waals surface area (Å²) in [5.74, 6) is 0.839. The monoisotopic (exact) mass is 567 g/mol. The number of H-pyrrole nitrogens is 1. The molecule has 1 fully saturated rings. The summed E-state index contributed by atoms with van der Waals surface area (Å²) in [6.07, 6.45) is -1.75. The molecule has 3 N–H and O–H groups in total. The molecular weight excluding hydrogens is 539 g/mol. The zero-order chi connectivity index (χ0) is 28.8. The normalized spacial score (nSPS) is 14.0. The molecule has 1 aliphatic rings. The molecular formula is C27H28F3N9O2. The summed E-state index contributed by atoms with van der Waals surface area (Å²) in [5.41, 5.74) is 0.761. The molecule has 41 heavy (non-hydrogen) atoms. The van der Waals surface area contributed by atoms with Crippen LogP contribution in [-0.4, -0.2) is 75.3 Å². The smallest absolute Gasteiger partial charge is 0.379 e. The van der Waals surface area contributed by atoms with Crippen molar-refractivity contribution in [2.75, 3.05) is 54.9 Å². The molecule has 2 aromatic carbocycles. The van der Waals surface area contributed by atoms with Gasteiger partial charge in [-0.3, -0.25) is 14.6 Å². The Bertz CT molecular complexity index is 1480. The highest BCUT2D eigenvalue weighted by atomic mass is 19.4. The first kappa shape index (κ1) is 28.0. The summed E-state index contributed by atoms with van der Waals surface area (Å²) in [6.45, 7) is 6.57. The molecule has 4 aromatic rings.